The van der Waals surface area contributed by atoms with E-state index in [-0.39, 0.29) is 5.91 Å². The molecule has 2 heterocycles. The van der Waals surface area contributed by atoms with Crippen LogP contribution in [0.2, 0.25) is 0 Å². The molecule has 0 bridgehead atoms. The molecule has 0 saturated heterocycles. The van der Waals surface area contributed by atoms with Gasteiger partial charge in [0.15, 0.2) is 0 Å². The lowest BCUT2D eigenvalue weighted by molar-refractivity contribution is 0.102. The molecule has 0 atom stereocenters. The van der Waals surface area contributed by atoms with E-state index in [0.29, 0.717) is 16.5 Å². The van der Waals surface area contributed by atoms with E-state index in [1.807, 2.05) is 90.3 Å². The van der Waals surface area contributed by atoms with Crippen LogP contribution in [0.3, 0.4) is 0 Å². The standard InChI is InChI=1S/C25H18N4OS/c30-24(20-14-8-3-9-15-20)27-23-16-21(18-10-4-1-5-11-18)28-29(23)25-26-22(17-31-25)19-12-6-2-7-13-19/h1-17H,(H,27,30). The third-order valence-electron chi connectivity index (χ3n) is 4.80. The van der Waals surface area contributed by atoms with Crippen molar-refractivity contribution >= 4 is 23.1 Å². The van der Waals surface area contributed by atoms with Gasteiger partial charge in [0.05, 0.1) is 11.4 Å². The zero-order chi connectivity index (χ0) is 21.0. The lowest BCUT2D eigenvalue weighted by Crippen LogP contribution is -2.14. The molecule has 5 aromatic rings. The molecule has 2 aromatic heterocycles. The summed E-state index contributed by atoms with van der Waals surface area (Å²) in [5, 5.41) is 10.4. The number of nitrogens with zero attached hydrogens (tertiary/aromatic N) is 3. The molecule has 5 rings (SSSR count). The number of hydrogen-bond donors (Lipinski definition) is 1. The fourth-order valence-electron chi connectivity index (χ4n) is 3.25. The Hall–Kier alpha value is -4.03. The molecular formula is C25H18N4OS. The van der Waals surface area contributed by atoms with Crippen LogP contribution in [0, 0.1) is 0 Å². The highest BCUT2D eigenvalue weighted by Crippen LogP contribution is 2.29. The molecule has 0 unspecified atom stereocenters. The highest BCUT2D eigenvalue weighted by molar-refractivity contribution is 7.12. The third kappa shape index (κ3) is 4.01. The third-order valence-corrected chi connectivity index (χ3v) is 5.62. The molecule has 6 heteroatoms. The largest absolute Gasteiger partial charge is 0.306 e. The van der Waals surface area contributed by atoms with E-state index in [2.05, 4.69) is 5.32 Å². The average Bonchev–Trinajstić information content (AvgIpc) is 3.48. The summed E-state index contributed by atoms with van der Waals surface area (Å²) in [6.45, 7) is 0. The summed E-state index contributed by atoms with van der Waals surface area (Å²) in [6.07, 6.45) is 0. The highest BCUT2D eigenvalue weighted by atomic mass is 32.1. The van der Waals surface area contributed by atoms with Crippen molar-refractivity contribution < 1.29 is 4.79 Å². The average molecular weight is 423 g/mol. The minimum atomic E-state index is -0.193. The molecular weight excluding hydrogens is 404 g/mol. The number of hydrogen-bond acceptors (Lipinski definition) is 4. The van der Waals surface area contributed by atoms with E-state index in [1.165, 1.54) is 11.3 Å². The topological polar surface area (TPSA) is 59.8 Å². The molecule has 0 aliphatic heterocycles. The molecule has 150 valence electrons. The predicted molar refractivity (Wildman–Crippen MR) is 125 cm³/mol. The van der Waals surface area contributed by atoms with Crippen molar-refractivity contribution in [2.45, 2.75) is 0 Å². The fourth-order valence-corrected chi connectivity index (χ4v) is 4.04. The van der Waals surface area contributed by atoms with Crippen molar-refractivity contribution in [2.75, 3.05) is 5.32 Å². The highest BCUT2D eigenvalue weighted by Gasteiger charge is 2.17. The molecule has 0 aliphatic rings. The zero-order valence-corrected chi connectivity index (χ0v) is 17.3. The van der Waals surface area contributed by atoms with Crippen molar-refractivity contribution in [2.24, 2.45) is 0 Å². The van der Waals surface area contributed by atoms with Crippen molar-refractivity contribution in [1.82, 2.24) is 14.8 Å². The Morgan fingerprint density at radius 2 is 1.35 bits per heavy atom. The first-order valence-corrected chi connectivity index (χ1v) is 10.7. The van der Waals surface area contributed by atoms with Gasteiger partial charge in [-0.2, -0.15) is 9.78 Å². The van der Waals surface area contributed by atoms with Gasteiger partial charge in [-0.3, -0.25) is 4.79 Å². The van der Waals surface area contributed by atoms with Gasteiger partial charge in [-0.1, -0.05) is 78.9 Å². The summed E-state index contributed by atoms with van der Waals surface area (Å²) in [4.78, 5) is 17.6. The number of carbonyl (C=O) groups is 1. The Morgan fingerprint density at radius 3 is 2.00 bits per heavy atom. The molecule has 3 aromatic carbocycles. The number of nitrogens with one attached hydrogen (secondary N) is 1. The molecule has 0 saturated carbocycles. The quantitative estimate of drug-likeness (QED) is 0.383. The maximum atomic E-state index is 12.8. The van der Waals surface area contributed by atoms with Gasteiger partial charge in [0.1, 0.15) is 5.82 Å². The van der Waals surface area contributed by atoms with Gasteiger partial charge in [0.2, 0.25) is 5.13 Å². The molecule has 5 nitrogen and oxygen atoms in total. The summed E-state index contributed by atoms with van der Waals surface area (Å²) in [6, 6.07) is 30.9. The Bertz CT molecular complexity index is 1310. The van der Waals surface area contributed by atoms with Crippen molar-refractivity contribution in [3.05, 3.63) is 108 Å². The van der Waals surface area contributed by atoms with Gasteiger partial charge in [-0.25, -0.2) is 4.98 Å². The number of amides is 1. The monoisotopic (exact) mass is 422 g/mol. The van der Waals surface area contributed by atoms with Crippen LogP contribution < -0.4 is 5.32 Å². The maximum absolute atomic E-state index is 12.8. The van der Waals surface area contributed by atoms with Gasteiger partial charge in [-0.05, 0) is 12.1 Å². The van der Waals surface area contributed by atoms with Gasteiger partial charge >= 0.3 is 0 Å². The van der Waals surface area contributed by atoms with E-state index in [4.69, 9.17) is 10.1 Å². The first kappa shape index (κ1) is 19.0. The normalized spacial score (nSPS) is 10.7. The van der Waals surface area contributed by atoms with E-state index in [0.717, 1.165) is 22.5 Å². The minimum Gasteiger partial charge on any atom is -0.306 e. The van der Waals surface area contributed by atoms with Crippen molar-refractivity contribution in [1.29, 1.82) is 0 Å². The van der Waals surface area contributed by atoms with Crippen LogP contribution in [0.1, 0.15) is 10.4 Å². The number of carbonyl (C=O) groups excluding carboxylic acids is 1. The Kier molecular flexibility index (Phi) is 5.12. The number of rotatable bonds is 5. The summed E-state index contributed by atoms with van der Waals surface area (Å²) in [5.74, 6) is 0.378. The molecule has 1 N–H and O–H groups in total. The van der Waals surface area contributed by atoms with E-state index < -0.39 is 0 Å². The number of aromatic nitrogens is 3. The van der Waals surface area contributed by atoms with Crippen LogP contribution in [-0.2, 0) is 0 Å². The van der Waals surface area contributed by atoms with Crippen molar-refractivity contribution in [3.8, 4) is 27.6 Å². The molecule has 0 radical (unpaired) electrons. The molecule has 0 spiro atoms. The summed E-state index contributed by atoms with van der Waals surface area (Å²) < 4.78 is 1.69. The summed E-state index contributed by atoms with van der Waals surface area (Å²) in [5.41, 5.74) is 4.23. The molecule has 31 heavy (non-hydrogen) atoms. The van der Waals surface area contributed by atoms with Gasteiger partial charge in [0.25, 0.3) is 5.91 Å². The van der Waals surface area contributed by atoms with Crippen LogP contribution in [0.25, 0.3) is 27.6 Å². The second-order valence-electron chi connectivity index (χ2n) is 6.89. The zero-order valence-electron chi connectivity index (χ0n) is 16.5. The van der Waals surface area contributed by atoms with Crippen LogP contribution >= 0.6 is 11.3 Å². The van der Waals surface area contributed by atoms with E-state index in [1.54, 1.807) is 16.8 Å². The number of benzene rings is 3. The van der Waals surface area contributed by atoms with Crippen LogP contribution in [0.4, 0.5) is 5.82 Å². The van der Waals surface area contributed by atoms with E-state index >= 15 is 0 Å². The Morgan fingerprint density at radius 1 is 0.774 bits per heavy atom. The van der Waals surface area contributed by atoms with Gasteiger partial charge in [0, 0.05) is 28.1 Å². The SMILES string of the molecule is O=C(Nc1cc(-c2ccccc2)nn1-c1nc(-c2ccccc2)cs1)c1ccccc1. The Labute approximate surface area is 183 Å². The molecule has 0 fully saturated rings. The smallest absolute Gasteiger partial charge is 0.256 e. The molecule has 1 amide bonds. The van der Waals surface area contributed by atoms with Crippen LogP contribution in [-0.4, -0.2) is 20.7 Å². The maximum Gasteiger partial charge on any atom is 0.256 e. The summed E-state index contributed by atoms with van der Waals surface area (Å²) in [7, 11) is 0. The first-order valence-electron chi connectivity index (χ1n) is 9.81. The minimum absolute atomic E-state index is 0.193. The predicted octanol–water partition coefficient (Wildman–Crippen LogP) is 5.92. The lowest BCUT2D eigenvalue weighted by Gasteiger charge is -2.06. The lowest BCUT2D eigenvalue weighted by atomic mass is 10.1. The van der Waals surface area contributed by atoms with E-state index in [9.17, 15) is 4.79 Å². The van der Waals surface area contributed by atoms with Crippen LogP contribution in [0.15, 0.2) is 102 Å². The molecule has 0 aliphatic carbocycles. The fraction of sp³-hybridized carbons (Fsp3) is 0. The number of anilines is 1. The van der Waals surface area contributed by atoms with Crippen molar-refractivity contribution in [3.63, 3.8) is 0 Å². The van der Waals surface area contributed by atoms with Gasteiger partial charge in [-0.15, -0.1) is 11.3 Å². The van der Waals surface area contributed by atoms with Crippen LogP contribution in [0.5, 0.6) is 0 Å². The second-order valence-corrected chi connectivity index (χ2v) is 7.73. The second kappa shape index (κ2) is 8.38. The Balaban J connectivity index is 1.55. The van der Waals surface area contributed by atoms with Gasteiger partial charge < -0.3 is 5.32 Å². The first-order chi connectivity index (χ1) is 15.3. The summed E-state index contributed by atoms with van der Waals surface area (Å²) >= 11 is 1.48. The number of thiazole rings is 1.